The van der Waals surface area contributed by atoms with Crippen molar-refractivity contribution in [1.82, 2.24) is 0 Å². The Morgan fingerprint density at radius 1 is 0.870 bits per heavy atom. The molecule has 2 rings (SSSR count). The Morgan fingerprint density at radius 2 is 1.35 bits per heavy atom. The van der Waals surface area contributed by atoms with E-state index in [1.54, 1.807) is 6.92 Å². The summed E-state index contributed by atoms with van der Waals surface area (Å²) in [4.78, 5) is 24.6. The minimum atomic E-state index is -1.06. The molecular weight excluding hydrogens is 284 g/mol. The van der Waals surface area contributed by atoms with Crippen molar-refractivity contribution < 1.29 is 9.59 Å². The zero-order valence-electron chi connectivity index (χ0n) is 13.8. The normalized spacial score (nSPS) is 13.0. The first-order valence-corrected chi connectivity index (χ1v) is 7.76. The lowest BCUT2D eigenvalue weighted by Crippen LogP contribution is -2.38. The van der Waals surface area contributed by atoms with Crippen molar-refractivity contribution in [2.24, 2.45) is 5.41 Å². The maximum Gasteiger partial charge on any atom is 0.143 e. The highest BCUT2D eigenvalue weighted by molar-refractivity contribution is 6.06. The minimum absolute atomic E-state index is 0.114. The zero-order chi connectivity index (χ0) is 16.9. The van der Waals surface area contributed by atoms with Gasteiger partial charge in [-0.05, 0) is 31.9 Å². The van der Waals surface area contributed by atoms with Crippen molar-refractivity contribution in [3.8, 4) is 0 Å². The van der Waals surface area contributed by atoms with E-state index in [1.807, 2.05) is 72.8 Å². The third kappa shape index (κ3) is 3.65. The topological polar surface area (TPSA) is 34.1 Å². The minimum Gasteiger partial charge on any atom is -0.299 e. The van der Waals surface area contributed by atoms with Gasteiger partial charge in [0.05, 0.1) is 5.41 Å². The van der Waals surface area contributed by atoms with Crippen molar-refractivity contribution in [2.75, 3.05) is 0 Å². The molecule has 0 fully saturated rings. The summed E-state index contributed by atoms with van der Waals surface area (Å²) < 4.78 is 0. The van der Waals surface area contributed by atoms with Gasteiger partial charge in [-0.3, -0.25) is 9.59 Å². The number of ketones is 2. The maximum atomic E-state index is 12.3. The molecule has 0 radical (unpaired) electrons. The van der Waals surface area contributed by atoms with Gasteiger partial charge in [-0.2, -0.15) is 0 Å². The van der Waals surface area contributed by atoms with Crippen molar-refractivity contribution in [2.45, 2.75) is 26.7 Å². The zero-order valence-corrected chi connectivity index (χ0v) is 13.8. The molecule has 2 heteroatoms. The standard InChI is InChI=1S/C21H22O2/c1-16(22)21(3,17(2)23)20(19-12-8-5-9-13-19)15-14-18-10-6-4-7-11-18/h4-15,20H,1-3H3/b15-14+/t20-/m1/s1. The van der Waals surface area contributed by atoms with E-state index in [4.69, 9.17) is 0 Å². The predicted molar refractivity (Wildman–Crippen MR) is 94.1 cm³/mol. The van der Waals surface area contributed by atoms with Crippen LogP contribution < -0.4 is 0 Å². The van der Waals surface area contributed by atoms with E-state index in [0.29, 0.717) is 0 Å². The van der Waals surface area contributed by atoms with Crippen LogP contribution in [0, 0.1) is 5.41 Å². The molecule has 0 bridgehead atoms. The largest absolute Gasteiger partial charge is 0.299 e. The molecule has 2 aromatic carbocycles. The smallest absolute Gasteiger partial charge is 0.143 e. The summed E-state index contributed by atoms with van der Waals surface area (Å²) in [5.41, 5.74) is 0.947. The molecule has 0 N–H and O–H groups in total. The average Bonchev–Trinajstić information content (AvgIpc) is 2.56. The Labute approximate surface area is 137 Å². The van der Waals surface area contributed by atoms with Crippen LogP contribution in [0.4, 0.5) is 0 Å². The molecule has 0 amide bonds. The van der Waals surface area contributed by atoms with Crippen LogP contribution in [0.25, 0.3) is 6.08 Å². The van der Waals surface area contributed by atoms with Gasteiger partial charge in [-0.15, -0.1) is 0 Å². The van der Waals surface area contributed by atoms with Gasteiger partial charge in [0.1, 0.15) is 11.6 Å². The summed E-state index contributed by atoms with van der Waals surface area (Å²) in [5, 5.41) is 0. The molecule has 0 saturated carbocycles. The van der Waals surface area contributed by atoms with Crippen LogP contribution in [0.1, 0.15) is 37.8 Å². The lowest BCUT2D eigenvalue weighted by Gasteiger charge is -2.32. The molecule has 0 aromatic heterocycles. The number of hydrogen-bond donors (Lipinski definition) is 0. The van der Waals surface area contributed by atoms with Gasteiger partial charge < -0.3 is 0 Å². The Bertz CT molecular complexity index is 685. The summed E-state index contributed by atoms with van der Waals surface area (Å²) in [7, 11) is 0. The number of hydrogen-bond acceptors (Lipinski definition) is 2. The Kier molecular flexibility index (Phi) is 5.28. The van der Waals surface area contributed by atoms with Crippen LogP contribution in [0.5, 0.6) is 0 Å². The number of rotatable bonds is 6. The molecule has 0 unspecified atom stereocenters. The first-order chi connectivity index (χ1) is 11.0. The lowest BCUT2D eigenvalue weighted by molar-refractivity contribution is -0.138. The number of carbonyl (C=O) groups is 2. The first kappa shape index (κ1) is 16.9. The third-order valence-electron chi connectivity index (χ3n) is 4.52. The van der Waals surface area contributed by atoms with E-state index in [-0.39, 0.29) is 17.5 Å². The second-order valence-electron chi connectivity index (χ2n) is 5.97. The maximum absolute atomic E-state index is 12.3. The Balaban J connectivity index is 2.50. The van der Waals surface area contributed by atoms with Gasteiger partial charge in [0, 0.05) is 5.92 Å². The van der Waals surface area contributed by atoms with E-state index in [0.717, 1.165) is 11.1 Å². The number of allylic oxidation sites excluding steroid dienone is 1. The summed E-state index contributed by atoms with van der Waals surface area (Å²) >= 11 is 0. The summed E-state index contributed by atoms with van der Waals surface area (Å²) in [6.45, 7) is 4.73. The molecule has 23 heavy (non-hydrogen) atoms. The molecule has 118 valence electrons. The van der Waals surface area contributed by atoms with Gasteiger partial charge in [0.25, 0.3) is 0 Å². The van der Waals surface area contributed by atoms with Crippen LogP contribution in [0.2, 0.25) is 0 Å². The summed E-state index contributed by atoms with van der Waals surface area (Å²) in [6, 6.07) is 19.6. The van der Waals surface area contributed by atoms with Crippen molar-refractivity contribution >= 4 is 17.6 Å². The second kappa shape index (κ2) is 7.19. The van der Waals surface area contributed by atoms with Crippen LogP contribution >= 0.6 is 0 Å². The molecule has 0 aliphatic heterocycles. The van der Waals surface area contributed by atoms with E-state index in [1.165, 1.54) is 13.8 Å². The quantitative estimate of drug-likeness (QED) is 0.727. The highest BCUT2D eigenvalue weighted by Gasteiger charge is 2.42. The number of carbonyl (C=O) groups excluding carboxylic acids is 2. The molecular formula is C21H22O2. The fraction of sp³-hybridized carbons (Fsp3) is 0.238. The SMILES string of the molecule is CC(=O)C(C)(C(C)=O)[C@H](/C=C/c1ccccc1)c1ccccc1. The number of Topliss-reactive ketones (excluding diaryl/α,β-unsaturated/α-hetero) is 2. The molecule has 0 spiro atoms. The monoisotopic (exact) mass is 306 g/mol. The molecule has 1 atom stereocenters. The molecule has 2 nitrogen and oxygen atoms in total. The Hall–Kier alpha value is -2.48. The Morgan fingerprint density at radius 3 is 1.83 bits per heavy atom. The van der Waals surface area contributed by atoms with Crippen LogP contribution in [0.15, 0.2) is 66.7 Å². The van der Waals surface area contributed by atoms with Gasteiger partial charge >= 0.3 is 0 Å². The summed E-state index contributed by atoms with van der Waals surface area (Å²) in [5.74, 6) is -0.521. The third-order valence-corrected chi connectivity index (χ3v) is 4.52. The molecule has 0 saturated heterocycles. The van der Waals surface area contributed by atoms with Crippen molar-refractivity contribution in [3.63, 3.8) is 0 Å². The van der Waals surface area contributed by atoms with E-state index in [9.17, 15) is 9.59 Å². The van der Waals surface area contributed by atoms with Crippen molar-refractivity contribution in [3.05, 3.63) is 77.9 Å². The number of benzene rings is 2. The molecule has 0 aliphatic carbocycles. The van der Waals surface area contributed by atoms with E-state index < -0.39 is 5.41 Å². The fourth-order valence-corrected chi connectivity index (χ4v) is 2.75. The lowest BCUT2D eigenvalue weighted by atomic mass is 9.68. The van der Waals surface area contributed by atoms with E-state index >= 15 is 0 Å². The highest BCUT2D eigenvalue weighted by Crippen LogP contribution is 2.39. The average molecular weight is 306 g/mol. The van der Waals surface area contributed by atoms with Gasteiger partial charge in [0.15, 0.2) is 0 Å². The van der Waals surface area contributed by atoms with Crippen LogP contribution in [-0.2, 0) is 9.59 Å². The second-order valence-corrected chi connectivity index (χ2v) is 5.97. The first-order valence-electron chi connectivity index (χ1n) is 7.76. The van der Waals surface area contributed by atoms with E-state index in [2.05, 4.69) is 0 Å². The molecule has 2 aromatic rings. The molecule has 0 heterocycles. The van der Waals surface area contributed by atoms with Gasteiger partial charge in [-0.1, -0.05) is 72.8 Å². The highest BCUT2D eigenvalue weighted by atomic mass is 16.2. The molecule has 0 aliphatic rings. The van der Waals surface area contributed by atoms with Crippen LogP contribution in [-0.4, -0.2) is 11.6 Å². The van der Waals surface area contributed by atoms with Crippen LogP contribution in [0.3, 0.4) is 0 Å². The van der Waals surface area contributed by atoms with Crippen molar-refractivity contribution in [1.29, 1.82) is 0 Å². The fourth-order valence-electron chi connectivity index (χ4n) is 2.75. The van der Waals surface area contributed by atoms with Gasteiger partial charge in [-0.25, -0.2) is 0 Å². The summed E-state index contributed by atoms with van der Waals surface area (Å²) in [6.07, 6.45) is 3.94. The predicted octanol–water partition coefficient (Wildman–Crippen LogP) is 4.67. The van der Waals surface area contributed by atoms with Gasteiger partial charge in [0.2, 0.25) is 0 Å².